The van der Waals surface area contributed by atoms with E-state index in [0.29, 0.717) is 17.2 Å². The fourth-order valence-corrected chi connectivity index (χ4v) is 2.20. The van der Waals surface area contributed by atoms with Crippen LogP contribution >= 0.6 is 11.3 Å². The third kappa shape index (κ3) is 3.19. The van der Waals surface area contributed by atoms with Gasteiger partial charge in [0, 0.05) is 11.9 Å². The number of benzene rings is 1. The monoisotopic (exact) mass is 272 g/mol. The Morgan fingerprint density at radius 1 is 1.42 bits per heavy atom. The fraction of sp³-hybridized carbons (Fsp3) is 0.143. The topological polar surface area (TPSA) is 62.2 Å². The van der Waals surface area contributed by atoms with E-state index >= 15 is 0 Å². The second-order valence-corrected chi connectivity index (χ2v) is 4.65. The molecule has 1 heterocycles. The summed E-state index contributed by atoms with van der Waals surface area (Å²) in [6.45, 7) is 0.294. The minimum absolute atomic E-state index is 0.0516. The minimum atomic E-state index is -0.273. The third-order valence-electron chi connectivity index (χ3n) is 2.59. The first kappa shape index (κ1) is 13.3. The summed E-state index contributed by atoms with van der Waals surface area (Å²) in [6.07, 6.45) is 5.20. The van der Waals surface area contributed by atoms with E-state index in [9.17, 15) is 9.90 Å². The van der Waals surface area contributed by atoms with Crippen LogP contribution in [0.5, 0.6) is 0 Å². The smallest absolute Gasteiger partial charge is 0.271 e. The lowest BCUT2D eigenvalue weighted by molar-refractivity contribution is 0.0946. The highest BCUT2D eigenvalue weighted by Crippen LogP contribution is 2.10. The van der Waals surface area contributed by atoms with Crippen LogP contribution in [0.3, 0.4) is 0 Å². The molecule has 0 saturated carbocycles. The van der Waals surface area contributed by atoms with E-state index in [2.05, 4.69) is 16.2 Å². The van der Waals surface area contributed by atoms with E-state index in [-0.39, 0.29) is 12.5 Å². The molecule has 0 aliphatic heterocycles. The van der Waals surface area contributed by atoms with Crippen molar-refractivity contribution in [1.82, 2.24) is 10.3 Å². The van der Waals surface area contributed by atoms with Gasteiger partial charge in [0.05, 0.1) is 6.61 Å². The van der Waals surface area contributed by atoms with Gasteiger partial charge in [0.15, 0.2) is 5.01 Å². The van der Waals surface area contributed by atoms with Crippen molar-refractivity contribution in [2.45, 2.75) is 13.2 Å². The molecule has 0 spiro atoms. The van der Waals surface area contributed by atoms with E-state index in [1.807, 2.05) is 24.3 Å². The number of nitrogens with zero attached hydrogens (tertiary/aromatic N) is 1. The van der Waals surface area contributed by atoms with E-state index in [4.69, 9.17) is 6.42 Å². The van der Waals surface area contributed by atoms with Gasteiger partial charge in [0.1, 0.15) is 5.69 Å². The van der Waals surface area contributed by atoms with E-state index in [1.165, 1.54) is 11.3 Å². The van der Waals surface area contributed by atoms with Crippen molar-refractivity contribution in [1.29, 1.82) is 0 Å². The molecule has 2 N–H and O–H groups in total. The summed E-state index contributed by atoms with van der Waals surface area (Å²) in [5.41, 5.74) is 2.00. The lowest BCUT2D eigenvalue weighted by atomic mass is 10.1. The quantitative estimate of drug-likeness (QED) is 0.830. The molecule has 0 unspecified atom stereocenters. The van der Waals surface area contributed by atoms with Crippen molar-refractivity contribution in [2.24, 2.45) is 0 Å². The maximum atomic E-state index is 11.8. The number of nitrogens with one attached hydrogen (secondary N) is 1. The van der Waals surface area contributed by atoms with Crippen LogP contribution in [0, 0.1) is 12.3 Å². The number of thiazole rings is 1. The molecule has 0 atom stereocenters. The molecule has 1 aromatic heterocycles. The van der Waals surface area contributed by atoms with Gasteiger partial charge in [-0.3, -0.25) is 4.79 Å². The summed E-state index contributed by atoms with van der Waals surface area (Å²) in [5.74, 6) is 2.12. The molecule has 5 heteroatoms. The molecule has 1 aromatic carbocycles. The van der Waals surface area contributed by atoms with Crippen LogP contribution in [0.4, 0.5) is 0 Å². The Kier molecular flexibility index (Phi) is 4.29. The Labute approximate surface area is 115 Å². The van der Waals surface area contributed by atoms with Crippen LogP contribution in [0.1, 0.15) is 26.6 Å². The molecule has 0 radical (unpaired) electrons. The van der Waals surface area contributed by atoms with Crippen molar-refractivity contribution in [3.63, 3.8) is 0 Å². The molecule has 19 heavy (non-hydrogen) atoms. The second-order valence-electron chi connectivity index (χ2n) is 3.79. The van der Waals surface area contributed by atoms with Gasteiger partial charge in [-0.05, 0) is 17.0 Å². The number of hydrogen-bond donors (Lipinski definition) is 2. The highest BCUT2D eigenvalue weighted by molar-refractivity contribution is 7.10. The highest BCUT2D eigenvalue weighted by atomic mass is 32.1. The highest BCUT2D eigenvalue weighted by Gasteiger charge is 2.10. The summed E-state index contributed by atoms with van der Waals surface area (Å²) < 4.78 is 0. The first-order valence-electron chi connectivity index (χ1n) is 5.62. The van der Waals surface area contributed by atoms with Gasteiger partial charge in [0.25, 0.3) is 5.91 Å². The molecular weight excluding hydrogens is 260 g/mol. The Hall–Kier alpha value is -2.16. The average molecular weight is 272 g/mol. The first-order chi connectivity index (χ1) is 9.24. The number of carbonyl (C=O) groups excluding carboxylic acids is 1. The van der Waals surface area contributed by atoms with Gasteiger partial charge in [-0.25, -0.2) is 4.98 Å². The van der Waals surface area contributed by atoms with Gasteiger partial charge in [0.2, 0.25) is 0 Å². The molecule has 2 rings (SSSR count). The zero-order valence-corrected chi connectivity index (χ0v) is 10.9. The number of aromatic nitrogens is 1. The number of rotatable bonds is 4. The maximum Gasteiger partial charge on any atom is 0.271 e. The molecule has 0 aliphatic carbocycles. The van der Waals surface area contributed by atoms with Crippen molar-refractivity contribution in [3.05, 3.63) is 51.5 Å². The van der Waals surface area contributed by atoms with Crippen molar-refractivity contribution in [3.8, 4) is 12.3 Å². The third-order valence-corrected chi connectivity index (χ3v) is 3.36. The van der Waals surface area contributed by atoms with Crippen LogP contribution in [-0.2, 0) is 13.2 Å². The van der Waals surface area contributed by atoms with Crippen LogP contribution in [-0.4, -0.2) is 16.0 Å². The van der Waals surface area contributed by atoms with Crippen LogP contribution in [0.2, 0.25) is 0 Å². The van der Waals surface area contributed by atoms with Gasteiger partial charge in [-0.2, -0.15) is 0 Å². The molecule has 0 bridgehead atoms. The van der Waals surface area contributed by atoms with E-state index < -0.39 is 0 Å². The lowest BCUT2D eigenvalue weighted by Crippen LogP contribution is -2.23. The molecule has 0 saturated heterocycles. The lowest BCUT2D eigenvalue weighted by Gasteiger charge is -2.07. The Morgan fingerprint density at radius 3 is 2.79 bits per heavy atom. The van der Waals surface area contributed by atoms with Gasteiger partial charge < -0.3 is 10.4 Å². The summed E-state index contributed by atoms with van der Waals surface area (Å²) in [5, 5.41) is 14.1. The predicted molar refractivity (Wildman–Crippen MR) is 73.6 cm³/mol. The summed E-state index contributed by atoms with van der Waals surface area (Å²) >= 11 is 1.26. The SMILES string of the molecule is C#Cc1nc(C(=O)NCc2ccccc2CO)cs1. The minimum Gasteiger partial charge on any atom is -0.392 e. The normalized spacial score (nSPS) is 9.89. The predicted octanol–water partition coefficient (Wildman–Crippen LogP) is 1.55. The summed E-state index contributed by atoms with van der Waals surface area (Å²) in [7, 11) is 0. The zero-order chi connectivity index (χ0) is 13.7. The number of hydrogen-bond acceptors (Lipinski definition) is 4. The number of terminal acetylenes is 1. The fourth-order valence-electron chi connectivity index (χ4n) is 1.59. The standard InChI is InChI=1S/C14H12N2O2S/c1-2-13-16-12(9-19-13)14(18)15-7-10-5-3-4-6-11(10)8-17/h1,3-6,9,17H,7-8H2,(H,15,18). The van der Waals surface area contributed by atoms with Crippen LogP contribution < -0.4 is 5.32 Å². The van der Waals surface area contributed by atoms with E-state index in [0.717, 1.165) is 11.1 Å². The van der Waals surface area contributed by atoms with Gasteiger partial charge in [-0.1, -0.05) is 24.3 Å². The Morgan fingerprint density at radius 2 is 2.16 bits per heavy atom. The van der Waals surface area contributed by atoms with Crippen molar-refractivity contribution >= 4 is 17.2 Å². The molecular formula is C14H12N2O2S. The number of carbonyl (C=O) groups is 1. The molecule has 0 fully saturated rings. The molecule has 96 valence electrons. The largest absolute Gasteiger partial charge is 0.392 e. The average Bonchev–Trinajstić information content (AvgIpc) is 2.94. The maximum absolute atomic E-state index is 11.8. The van der Waals surface area contributed by atoms with Crippen molar-refractivity contribution in [2.75, 3.05) is 0 Å². The Balaban J connectivity index is 2.02. The second kappa shape index (κ2) is 6.14. The molecule has 0 aliphatic rings. The summed E-state index contributed by atoms with van der Waals surface area (Å²) in [4.78, 5) is 15.9. The summed E-state index contributed by atoms with van der Waals surface area (Å²) in [6, 6.07) is 7.39. The molecule has 4 nitrogen and oxygen atoms in total. The number of amides is 1. The van der Waals surface area contributed by atoms with Gasteiger partial charge >= 0.3 is 0 Å². The van der Waals surface area contributed by atoms with Gasteiger partial charge in [-0.15, -0.1) is 17.8 Å². The van der Waals surface area contributed by atoms with Crippen molar-refractivity contribution < 1.29 is 9.90 Å². The Bertz CT molecular complexity index is 628. The zero-order valence-electron chi connectivity index (χ0n) is 10.1. The number of aliphatic hydroxyl groups is 1. The van der Waals surface area contributed by atoms with Crippen LogP contribution in [0.25, 0.3) is 0 Å². The van der Waals surface area contributed by atoms with Crippen LogP contribution in [0.15, 0.2) is 29.6 Å². The first-order valence-corrected chi connectivity index (χ1v) is 6.50. The van der Waals surface area contributed by atoms with E-state index in [1.54, 1.807) is 5.38 Å². The molecule has 1 amide bonds. The molecule has 2 aromatic rings. The number of aliphatic hydroxyl groups excluding tert-OH is 1.